The maximum Gasteiger partial charge on any atom is 0.408 e. The Morgan fingerprint density at radius 2 is 1.94 bits per heavy atom. The molecule has 4 nitrogen and oxygen atoms in total. The Labute approximate surface area is 109 Å². The number of ketones is 1. The predicted octanol–water partition coefficient (Wildman–Crippen LogP) is 2.90. The predicted molar refractivity (Wildman–Crippen MR) is 70.3 cm³/mol. The molecule has 104 valence electrons. The molecule has 1 N–H and O–H groups in total. The Bertz CT molecular complexity index is 319. The van der Waals surface area contributed by atoms with Crippen molar-refractivity contribution in [2.45, 2.75) is 65.5 Å². The highest BCUT2D eigenvalue weighted by Gasteiger charge is 2.37. The van der Waals surface area contributed by atoms with Crippen molar-refractivity contribution >= 4 is 11.9 Å². The van der Waals surface area contributed by atoms with Gasteiger partial charge in [0.2, 0.25) is 0 Å². The molecule has 1 rings (SSSR count). The maximum atomic E-state index is 11.9. The minimum absolute atomic E-state index is 0.0989. The monoisotopic (exact) mass is 255 g/mol. The van der Waals surface area contributed by atoms with E-state index in [0.717, 1.165) is 12.8 Å². The van der Waals surface area contributed by atoms with Crippen LogP contribution < -0.4 is 5.32 Å². The molecule has 1 amide bonds. The van der Waals surface area contributed by atoms with Gasteiger partial charge >= 0.3 is 6.09 Å². The van der Waals surface area contributed by atoms with Gasteiger partial charge in [-0.05, 0) is 46.0 Å². The first-order chi connectivity index (χ1) is 8.23. The molecular formula is C14H25NO3. The van der Waals surface area contributed by atoms with E-state index >= 15 is 0 Å². The van der Waals surface area contributed by atoms with Gasteiger partial charge in [0.25, 0.3) is 0 Å². The van der Waals surface area contributed by atoms with Crippen LogP contribution in [0.15, 0.2) is 0 Å². The molecule has 18 heavy (non-hydrogen) atoms. The lowest BCUT2D eigenvalue weighted by atomic mass is 10.1. The highest BCUT2D eigenvalue weighted by molar-refractivity contribution is 5.87. The van der Waals surface area contributed by atoms with Crippen molar-refractivity contribution in [1.29, 1.82) is 0 Å². The van der Waals surface area contributed by atoms with Crippen LogP contribution in [0.3, 0.4) is 0 Å². The summed E-state index contributed by atoms with van der Waals surface area (Å²) >= 11 is 0. The SMILES string of the molecule is CC[C@@H]1C[C@H]1CC(=O)[C@@H](C)NC(=O)OC(C)(C)C. The molecule has 4 heteroatoms. The Kier molecular flexibility index (Phi) is 4.77. The number of hydrogen-bond donors (Lipinski definition) is 1. The van der Waals surface area contributed by atoms with E-state index in [-0.39, 0.29) is 5.78 Å². The summed E-state index contributed by atoms with van der Waals surface area (Å²) in [5.41, 5.74) is -0.531. The Morgan fingerprint density at radius 3 is 2.39 bits per heavy atom. The maximum absolute atomic E-state index is 11.9. The standard InChI is InChI=1S/C14H25NO3/c1-6-10-7-11(10)8-12(16)9(2)15-13(17)18-14(3,4)5/h9-11H,6-8H2,1-5H3,(H,15,17)/t9-,10-,11+/m1/s1. The average Bonchev–Trinajstić information content (AvgIpc) is 2.93. The van der Waals surface area contributed by atoms with Crippen LogP contribution in [0.5, 0.6) is 0 Å². The molecule has 0 aromatic rings. The van der Waals surface area contributed by atoms with Crippen LogP contribution in [0.2, 0.25) is 0 Å². The smallest absolute Gasteiger partial charge is 0.408 e. The molecule has 0 saturated heterocycles. The van der Waals surface area contributed by atoms with Gasteiger partial charge in [-0.3, -0.25) is 4.79 Å². The molecule has 0 aromatic heterocycles. The third-order valence-electron chi connectivity index (χ3n) is 3.27. The van der Waals surface area contributed by atoms with Gasteiger partial charge in [0.1, 0.15) is 5.60 Å². The molecule has 0 aromatic carbocycles. The molecule has 1 saturated carbocycles. The number of carbonyl (C=O) groups is 2. The van der Waals surface area contributed by atoms with Crippen LogP contribution in [0.4, 0.5) is 4.79 Å². The van der Waals surface area contributed by atoms with Crippen molar-refractivity contribution in [2.24, 2.45) is 11.8 Å². The summed E-state index contributed by atoms with van der Waals surface area (Å²) in [4.78, 5) is 23.4. The lowest BCUT2D eigenvalue weighted by molar-refractivity contribution is -0.121. The molecule has 1 fully saturated rings. The van der Waals surface area contributed by atoms with Crippen molar-refractivity contribution in [2.75, 3.05) is 0 Å². The van der Waals surface area contributed by atoms with Crippen LogP contribution >= 0.6 is 0 Å². The number of hydrogen-bond acceptors (Lipinski definition) is 3. The van der Waals surface area contributed by atoms with Crippen LogP contribution in [-0.4, -0.2) is 23.5 Å². The fourth-order valence-corrected chi connectivity index (χ4v) is 2.06. The lowest BCUT2D eigenvalue weighted by Gasteiger charge is -2.21. The number of Topliss-reactive ketones (excluding diaryl/α,β-unsaturated/α-hetero) is 1. The van der Waals surface area contributed by atoms with Crippen molar-refractivity contribution in [3.05, 3.63) is 0 Å². The minimum atomic E-state index is -0.531. The van der Waals surface area contributed by atoms with Crippen LogP contribution in [0, 0.1) is 11.8 Å². The largest absolute Gasteiger partial charge is 0.444 e. The lowest BCUT2D eigenvalue weighted by Crippen LogP contribution is -2.41. The molecule has 0 spiro atoms. The molecule has 0 heterocycles. The van der Waals surface area contributed by atoms with Gasteiger partial charge in [0.05, 0.1) is 6.04 Å². The summed E-state index contributed by atoms with van der Waals surface area (Å²) in [6.07, 6.45) is 2.36. The second-order valence-corrected chi connectivity index (χ2v) is 6.20. The van der Waals surface area contributed by atoms with Gasteiger partial charge in [-0.15, -0.1) is 0 Å². The van der Waals surface area contributed by atoms with E-state index in [1.54, 1.807) is 27.7 Å². The van der Waals surface area contributed by atoms with E-state index in [9.17, 15) is 9.59 Å². The van der Waals surface area contributed by atoms with Gasteiger partial charge in [0, 0.05) is 6.42 Å². The third-order valence-corrected chi connectivity index (χ3v) is 3.27. The minimum Gasteiger partial charge on any atom is -0.444 e. The Morgan fingerprint density at radius 1 is 1.33 bits per heavy atom. The van der Waals surface area contributed by atoms with Gasteiger partial charge in [-0.1, -0.05) is 13.3 Å². The van der Waals surface area contributed by atoms with E-state index in [2.05, 4.69) is 12.2 Å². The van der Waals surface area contributed by atoms with E-state index in [1.807, 2.05) is 0 Å². The first-order valence-electron chi connectivity index (χ1n) is 6.75. The molecule has 0 aliphatic heterocycles. The molecule has 0 bridgehead atoms. The van der Waals surface area contributed by atoms with Crippen molar-refractivity contribution < 1.29 is 14.3 Å². The first kappa shape index (κ1) is 15.0. The molecule has 0 unspecified atom stereocenters. The quantitative estimate of drug-likeness (QED) is 0.821. The topological polar surface area (TPSA) is 55.4 Å². The van der Waals surface area contributed by atoms with Crippen molar-refractivity contribution in [3.63, 3.8) is 0 Å². The molecule has 0 radical (unpaired) electrons. The molecular weight excluding hydrogens is 230 g/mol. The Balaban J connectivity index is 2.29. The summed E-state index contributed by atoms with van der Waals surface area (Å²) in [6, 6.07) is -0.460. The summed E-state index contributed by atoms with van der Waals surface area (Å²) in [5, 5.41) is 2.59. The number of alkyl carbamates (subject to hydrolysis) is 1. The number of nitrogens with one attached hydrogen (secondary N) is 1. The van der Waals surface area contributed by atoms with Gasteiger partial charge in [-0.25, -0.2) is 4.79 Å². The number of ether oxygens (including phenoxy) is 1. The second-order valence-electron chi connectivity index (χ2n) is 6.20. The third kappa shape index (κ3) is 5.07. The van der Waals surface area contributed by atoms with Gasteiger partial charge < -0.3 is 10.1 Å². The normalized spacial score (nSPS) is 24.3. The highest BCUT2D eigenvalue weighted by Crippen LogP contribution is 2.43. The van der Waals surface area contributed by atoms with Gasteiger partial charge in [-0.2, -0.15) is 0 Å². The summed E-state index contributed by atoms with van der Waals surface area (Å²) in [7, 11) is 0. The van der Waals surface area contributed by atoms with E-state index in [1.165, 1.54) is 0 Å². The number of rotatable bonds is 5. The fourth-order valence-electron chi connectivity index (χ4n) is 2.06. The van der Waals surface area contributed by atoms with Crippen molar-refractivity contribution in [1.82, 2.24) is 5.32 Å². The second kappa shape index (κ2) is 5.72. The molecule has 3 atom stereocenters. The van der Waals surface area contributed by atoms with E-state index in [0.29, 0.717) is 18.3 Å². The molecule has 1 aliphatic carbocycles. The van der Waals surface area contributed by atoms with Crippen LogP contribution in [-0.2, 0) is 9.53 Å². The zero-order valence-corrected chi connectivity index (χ0v) is 12.1. The first-order valence-corrected chi connectivity index (χ1v) is 6.75. The van der Waals surface area contributed by atoms with Gasteiger partial charge in [0.15, 0.2) is 5.78 Å². The Hall–Kier alpha value is -1.06. The summed E-state index contributed by atoms with van der Waals surface area (Å²) in [6.45, 7) is 9.27. The summed E-state index contributed by atoms with van der Waals surface area (Å²) in [5.74, 6) is 1.34. The highest BCUT2D eigenvalue weighted by atomic mass is 16.6. The average molecular weight is 255 g/mol. The van der Waals surface area contributed by atoms with E-state index < -0.39 is 17.7 Å². The zero-order valence-electron chi connectivity index (χ0n) is 12.1. The van der Waals surface area contributed by atoms with Crippen LogP contribution in [0.1, 0.15) is 53.9 Å². The zero-order chi connectivity index (χ0) is 13.9. The number of amides is 1. The fraction of sp³-hybridized carbons (Fsp3) is 0.857. The summed E-state index contributed by atoms with van der Waals surface area (Å²) < 4.78 is 5.12. The number of carbonyl (C=O) groups excluding carboxylic acids is 2. The van der Waals surface area contributed by atoms with Crippen LogP contribution in [0.25, 0.3) is 0 Å². The van der Waals surface area contributed by atoms with Crippen molar-refractivity contribution in [3.8, 4) is 0 Å². The van der Waals surface area contributed by atoms with E-state index in [4.69, 9.17) is 4.74 Å². The molecule has 1 aliphatic rings.